The first-order valence-electron chi connectivity index (χ1n) is 16.3. The second-order valence-corrected chi connectivity index (χ2v) is 13.5. The van der Waals surface area contributed by atoms with Crippen LogP contribution in [0.5, 0.6) is 0 Å². The van der Waals surface area contributed by atoms with E-state index in [1.54, 1.807) is 0 Å². The molecule has 0 N–H and O–H groups in total. The molecule has 3 nitrogen and oxygen atoms in total. The molecule has 0 spiro atoms. The summed E-state index contributed by atoms with van der Waals surface area (Å²) in [7, 11) is -0.478. The number of furan rings is 1. The van der Waals surface area contributed by atoms with E-state index < -0.39 is 18.3 Å². The van der Waals surface area contributed by atoms with Gasteiger partial charge in [-0.05, 0) is 115 Å². The number of allylic oxidation sites excluding steroid dienone is 4. The van der Waals surface area contributed by atoms with Gasteiger partial charge in [0.2, 0.25) is 0 Å². The number of hydrogen-bond acceptors (Lipinski definition) is 3. The Hall–Kier alpha value is -4.64. The molecule has 0 unspecified atom stereocenters. The van der Waals surface area contributed by atoms with Gasteiger partial charge in [0.15, 0.2) is 0 Å². The lowest BCUT2D eigenvalue weighted by atomic mass is 9.76. The van der Waals surface area contributed by atoms with Gasteiger partial charge >= 0.3 is 7.12 Å². The first-order valence-corrected chi connectivity index (χ1v) is 16.3. The quantitative estimate of drug-likeness (QED) is 0.185. The van der Waals surface area contributed by atoms with Crippen LogP contribution in [0.4, 0.5) is 0 Å². The fraction of sp³-hybridized carbons (Fsp3) is 0.190. The average molecular weight is 601 g/mol. The normalized spacial score (nSPS) is 17.1. The van der Waals surface area contributed by atoms with Crippen LogP contribution in [0.2, 0.25) is 0 Å². The molecule has 2 aliphatic rings. The fourth-order valence-electron chi connectivity index (χ4n) is 6.70. The van der Waals surface area contributed by atoms with Crippen molar-refractivity contribution in [2.24, 2.45) is 0 Å². The van der Waals surface area contributed by atoms with Gasteiger partial charge < -0.3 is 13.7 Å². The van der Waals surface area contributed by atoms with Crippen LogP contribution >= 0.6 is 0 Å². The maximum absolute atomic E-state index is 6.50. The van der Waals surface area contributed by atoms with Crippen molar-refractivity contribution < 1.29 is 13.7 Å². The number of benzene rings is 5. The van der Waals surface area contributed by atoms with Gasteiger partial charge in [0.25, 0.3) is 0 Å². The van der Waals surface area contributed by atoms with Gasteiger partial charge in [0.1, 0.15) is 11.2 Å². The summed E-state index contributed by atoms with van der Waals surface area (Å²) in [5, 5.41) is 2.10. The Kier molecular flexibility index (Phi) is 6.90. The highest BCUT2D eigenvalue weighted by Crippen LogP contribution is 2.41. The molecule has 0 bridgehead atoms. The average Bonchev–Trinajstić information content (AvgIpc) is 3.57. The molecule has 0 atom stereocenters. The molecule has 0 saturated carbocycles. The Morgan fingerprint density at radius 2 is 1.28 bits per heavy atom. The minimum atomic E-state index is -0.478. The van der Waals surface area contributed by atoms with Crippen molar-refractivity contribution in [3.8, 4) is 33.4 Å². The van der Waals surface area contributed by atoms with E-state index in [0.29, 0.717) is 0 Å². The SMILES string of the molecule is CC1(C)OB(c2cccc3oc4ccc(-c5ccc(-c6ccc(C7=CCCC=C7)cc6)cc5-c5ccccc5)cc4c23)OC1(C)C. The third-order valence-electron chi connectivity index (χ3n) is 10.00. The Morgan fingerprint density at radius 3 is 2.02 bits per heavy atom. The zero-order valence-corrected chi connectivity index (χ0v) is 26.8. The molecular formula is C42H37BO3. The summed E-state index contributed by atoms with van der Waals surface area (Å²) in [5.74, 6) is 0. The van der Waals surface area contributed by atoms with Crippen molar-refractivity contribution in [2.45, 2.75) is 51.7 Å². The van der Waals surface area contributed by atoms with Gasteiger partial charge in [-0.1, -0.05) is 103 Å². The minimum absolute atomic E-state index is 0.429. The number of rotatable bonds is 5. The second-order valence-electron chi connectivity index (χ2n) is 13.5. The maximum atomic E-state index is 6.50. The summed E-state index contributed by atoms with van der Waals surface area (Å²) in [6.07, 6.45) is 9.06. The summed E-state index contributed by atoms with van der Waals surface area (Å²) in [6.45, 7) is 8.36. The van der Waals surface area contributed by atoms with Crippen LogP contribution in [0.25, 0.3) is 60.9 Å². The van der Waals surface area contributed by atoms with Crippen molar-refractivity contribution in [1.82, 2.24) is 0 Å². The molecule has 2 heterocycles. The molecule has 1 aliphatic carbocycles. The zero-order chi connectivity index (χ0) is 31.5. The minimum Gasteiger partial charge on any atom is -0.456 e. The molecule has 46 heavy (non-hydrogen) atoms. The fourth-order valence-corrected chi connectivity index (χ4v) is 6.70. The highest BCUT2D eigenvalue weighted by Gasteiger charge is 2.52. The van der Waals surface area contributed by atoms with Crippen molar-refractivity contribution in [3.05, 3.63) is 133 Å². The van der Waals surface area contributed by atoms with E-state index in [1.807, 2.05) is 12.1 Å². The highest BCUT2D eigenvalue weighted by atomic mass is 16.7. The Bertz CT molecular complexity index is 2130. The largest absolute Gasteiger partial charge is 0.495 e. The summed E-state index contributed by atoms with van der Waals surface area (Å²) >= 11 is 0. The Labute approximate surface area is 271 Å². The molecule has 6 aromatic rings. The topological polar surface area (TPSA) is 31.6 Å². The zero-order valence-electron chi connectivity index (χ0n) is 26.8. The molecule has 0 amide bonds. The molecule has 1 aliphatic heterocycles. The standard InChI is InChI=1S/C42H37BO3/c1-41(2)42(3,4)46-43(45-41)37-16-11-17-39-40(37)36-27-33(23-25-38(36)44-39)34-24-22-32(26-35(34)31-14-9-6-10-15-31)30-20-18-29(19-21-30)28-12-7-5-8-13-28/h6-7,9-27H,5,8H2,1-4H3. The van der Waals surface area contributed by atoms with E-state index in [9.17, 15) is 0 Å². The van der Waals surface area contributed by atoms with E-state index >= 15 is 0 Å². The summed E-state index contributed by atoms with van der Waals surface area (Å²) in [4.78, 5) is 0. The summed E-state index contributed by atoms with van der Waals surface area (Å²) in [6, 6.07) is 39.1. The van der Waals surface area contributed by atoms with E-state index in [0.717, 1.165) is 45.8 Å². The lowest BCUT2D eigenvalue weighted by Crippen LogP contribution is -2.41. The summed E-state index contributed by atoms with van der Waals surface area (Å²) in [5.41, 5.74) is 11.5. The smallest absolute Gasteiger partial charge is 0.456 e. The third-order valence-corrected chi connectivity index (χ3v) is 10.00. The summed E-state index contributed by atoms with van der Waals surface area (Å²) < 4.78 is 19.4. The van der Waals surface area contributed by atoms with Gasteiger partial charge in [0.05, 0.1) is 11.2 Å². The van der Waals surface area contributed by atoms with Gasteiger partial charge in [-0.2, -0.15) is 0 Å². The molecule has 8 rings (SSSR count). The van der Waals surface area contributed by atoms with Crippen molar-refractivity contribution in [1.29, 1.82) is 0 Å². The van der Waals surface area contributed by atoms with E-state index in [2.05, 4.69) is 143 Å². The molecule has 4 heteroatoms. The highest BCUT2D eigenvalue weighted by molar-refractivity contribution is 6.66. The van der Waals surface area contributed by atoms with E-state index in [-0.39, 0.29) is 0 Å². The Balaban J connectivity index is 1.24. The number of fused-ring (bicyclic) bond motifs is 3. The maximum Gasteiger partial charge on any atom is 0.495 e. The van der Waals surface area contributed by atoms with Crippen molar-refractivity contribution in [2.75, 3.05) is 0 Å². The predicted octanol–water partition coefficient (Wildman–Crippen LogP) is 10.6. The van der Waals surface area contributed by atoms with Gasteiger partial charge in [-0.25, -0.2) is 0 Å². The van der Waals surface area contributed by atoms with Crippen LogP contribution in [0.15, 0.2) is 132 Å². The molecule has 0 radical (unpaired) electrons. The molecule has 1 aromatic heterocycles. The molecule has 5 aromatic carbocycles. The van der Waals surface area contributed by atoms with Crippen molar-refractivity contribution in [3.63, 3.8) is 0 Å². The van der Waals surface area contributed by atoms with E-state index in [1.165, 1.54) is 39.0 Å². The first kappa shape index (κ1) is 28.8. The first-order chi connectivity index (χ1) is 22.3. The van der Waals surface area contributed by atoms with Crippen LogP contribution in [0.3, 0.4) is 0 Å². The molecular weight excluding hydrogens is 563 g/mol. The monoisotopic (exact) mass is 600 g/mol. The van der Waals surface area contributed by atoms with Crippen LogP contribution < -0.4 is 5.46 Å². The second kappa shape index (κ2) is 11.0. The van der Waals surface area contributed by atoms with Crippen LogP contribution in [0.1, 0.15) is 46.1 Å². The van der Waals surface area contributed by atoms with Crippen LogP contribution in [0, 0.1) is 0 Å². The van der Waals surface area contributed by atoms with Gasteiger partial charge in [-0.3, -0.25) is 0 Å². The van der Waals surface area contributed by atoms with E-state index in [4.69, 9.17) is 13.7 Å². The molecule has 1 saturated heterocycles. The lowest BCUT2D eigenvalue weighted by Gasteiger charge is -2.32. The van der Waals surface area contributed by atoms with Crippen molar-refractivity contribution >= 4 is 40.1 Å². The Morgan fingerprint density at radius 1 is 0.565 bits per heavy atom. The lowest BCUT2D eigenvalue weighted by molar-refractivity contribution is 0.00578. The molecule has 1 fully saturated rings. The number of hydrogen-bond donors (Lipinski definition) is 0. The van der Waals surface area contributed by atoms with Gasteiger partial charge in [0, 0.05) is 10.8 Å². The van der Waals surface area contributed by atoms with Crippen LogP contribution in [-0.2, 0) is 9.31 Å². The molecule has 226 valence electrons. The van der Waals surface area contributed by atoms with Crippen LogP contribution in [-0.4, -0.2) is 18.3 Å². The van der Waals surface area contributed by atoms with Gasteiger partial charge in [-0.15, -0.1) is 0 Å². The predicted molar refractivity (Wildman–Crippen MR) is 192 cm³/mol. The third kappa shape index (κ3) is 4.93.